The Kier molecular flexibility index (Phi) is 5.77. The normalized spacial score (nSPS) is 40.4. The van der Waals surface area contributed by atoms with Gasteiger partial charge in [0.2, 0.25) is 0 Å². The second kappa shape index (κ2) is 8.56. The first kappa shape index (κ1) is 22.9. The van der Waals surface area contributed by atoms with Gasteiger partial charge >= 0.3 is 0 Å². The van der Waals surface area contributed by atoms with Gasteiger partial charge in [-0.05, 0) is 116 Å². The van der Waals surface area contributed by atoms with Gasteiger partial charge in [0.15, 0.2) is 0 Å². The summed E-state index contributed by atoms with van der Waals surface area (Å²) in [6.07, 6.45) is 18.5. The first-order chi connectivity index (χ1) is 16.4. The SMILES string of the molecule is C[C@H](CCc1ncc2c(F)cccc2n1)[C@H]1CCC2C3CCC4CCCCC4(C)C3CCC21C. The molecule has 6 unspecified atom stereocenters. The third-order valence-corrected chi connectivity index (χ3v) is 11.8. The minimum atomic E-state index is -0.228. The van der Waals surface area contributed by atoms with E-state index in [1.54, 1.807) is 12.3 Å². The lowest BCUT2D eigenvalue weighted by atomic mass is 9.44. The molecule has 1 aromatic heterocycles. The molecule has 3 heteroatoms. The summed E-state index contributed by atoms with van der Waals surface area (Å²) >= 11 is 0. The molecule has 4 saturated carbocycles. The third kappa shape index (κ3) is 3.54. The Balaban J connectivity index is 1.15. The van der Waals surface area contributed by atoms with Crippen LogP contribution in [0, 0.1) is 52.2 Å². The average Bonchev–Trinajstić information content (AvgIpc) is 3.19. The zero-order valence-electron chi connectivity index (χ0n) is 21.5. The minimum absolute atomic E-state index is 0.228. The van der Waals surface area contributed by atoms with Crippen molar-refractivity contribution in [3.8, 4) is 0 Å². The maximum Gasteiger partial charge on any atom is 0.134 e. The summed E-state index contributed by atoms with van der Waals surface area (Å²) in [5.74, 6) is 6.09. The summed E-state index contributed by atoms with van der Waals surface area (Å²) in [5.41, 5.74) is 1.89. The van der Waals surface area contributed by atoms with Crippen molar-refractivity contribution in [2.24, 2.45) is 46.3 Å². The van der Waals surface area contributed by atoms with Crippen molar-refractivity contribution in [2.75, 3.05) is 0 Å². The topological polar surface area (TPSA) is 25.8 Å². The molecule has 4 fully saturated rings. The zero-order chi connectivity index (χ0) is 23.5. The van der Waals surface area contributed by atoms with Crippen LogP contribution in [-0.2, 0) is 6.42 Å². The Morgan fingerprint density at radius 3 is 2.71 bits per heavy atom. The zero-order valence-corrected chi connectivity index (χ0v) is 21.5. The predicted octanol–water partition coefficient (Wildman–Crippen LogP) is 8.39. The van der Waals surface area contributed by atoms with Crippen molar-refractivity contribution in [3.05, 3.63) is 36.0 Å². The lowest BCUT2D eigenvalue weighted by Gasteiger charge is -2.61. The highest BCUT2D eigenvalue weighted by Crippen LogP contribution is 2.68. The number of halogens is 1. The quantitative estimate of drug-likeness (QED) is 0.456. The van der Waals surface area contributed by atoms with Crippen LogP contribution in [0.4, 0.5) is 4.39 Å². The van der Waals surface area contributed by atoms with Crippen molar-refractivity contribution < 1.29 is 4.39 Å². The van der Waals surface area contributed by atoms with Crippen LogP contribution in [0.1, 0.15) is 97.2 Å². The van der Waals surface area contributed by atoms with Gasteiger partial charge in [-0.1, -0.05) is 39.7 Å². The number of hydrogen-bond donors (Lipinski definition) is 0. The van der Waals surface area contributed by atoms with E-state index in [4.69, 9.17) is 0 Å². The lowest BCUT2D eigenvalue weighted by molar-refractivity contribution is -0.114. The van der Waals surface area contributed by atoms with Crippen LogP contribution in [0.3, 0.4) is 0 Å². The monoisotopic (exact) mass is 462 g/mol. The standard InChI is InChI=1S/C31H43FN2/c1-20(10-15-29-33-19-23-27(32)8-6-9-28(23)34-29)24-13-14-25-22-12-11-21-7-4-5-17-30(21,2)26(22)16-18-31(24,25)3/h6,8-9,19-22,24-26H,4-5,7,10-18H2,1-3H3/t20-,21?,22?,24-,25?,26?,30?,31?/m1/s1. The van der Waals surface area contributed by atoms with Gasteiger partial charge in [0.25, 0.3) is 0 Å². The summed E-state index contributed by atoms with van der Waals surface area (Å²) in [6.45, 7) is 7.86. The Bertz CT molecular complexity index is 1050. The van der Waals surface area contributed by atoms with E-state index in [1.807, 2.05) is 6.07 Å². The molecule has 0 aliphatic heterocycles. The molecule has 0 bridgehead atoms. The van der Waals surface area contributed by atoms with Gasteiger partial charge < -0.3 is 0 Å². The van der Waals surface area contributed by atoms with Crippen molar-refractivity contribution >= 4 is 10.9 Å². The van der Waals surface area contributed by atoms with Crippen LogP contribution in [0.15, 0.2) is 24.4 Å². The molecule has 184 valence electrons. The third-order valence-electron chi connectivity index (χ3n) is 11.8. The van der Waals surface area contributed by atoms with Gasteiger partial charge in [0.1, 0.15) is 11.6 Å². The van der Waals surface area contributed by atoms with Crippen molar-refractivity contribution in [1.29, 1.82) is 0 Å². The molecule has 0 amide bonds. The van der Waals surface area contributed by atoms with Crippen LogP contribution in [0.5, 0.6) is 0 Å². The van der Waals surface area contributed by atoms with E-state index < -0.39 is 0 Å². The summed E-state index contributed by atoms with van der Waals surface area (Å²) < 4.78 is 14.0. The number of rotatable bonds is 4. The first-order valence-electron chi connectivity index (χ1n) is 14.3. The van der Waals surface area contributed by atoms with Gasteiger partial charge in [-0.2, -0.15) is 0 Å². The highest BCUT2D eigenvalue weighted by Gasteiger charge is 2.60. The fraction of sp³-hybridized carbons (Fsp3) is 0.742. The van der Waals surface area contributed by atoms with Crippen molar-refractivity contribution in [3.63, 3.8) is 0 Å². The summed E-state index contributed by atoms with van der Waals surface area (Å²) in [4.78, 5) is 9.20. The molecule has 4 aliphatic rings. The second-order valence-corrected chi connectivity index (χ2v) is 13.1. The smallest absolute Gasteiger partial charge is 0.134 e. The van der Waals surface area contributed by atoms with E-state index in [0.29, 0.717) is 22.1 Å². The maximum absolute atomic E-state index is 14.0. The van der Waals surface area contributed by atoms with Crippen LogP contribution in [0.25, 0.3) is 10.9 Å². The number of benzene rings is 1. The number of aryl methyl sites for hydroxylation is 1. The summed E-state index contributed by atoms with van der Waals surface area (Å²) in [5, 5.41) is 0.531. The van der Waals surface area contributed by atoms with Gasteiger partial charge in [-0.3, -0.25) is 0 Å². The Hall–Kier alpha value is -1.51. The molecular formula is C31H43FN2. The number of hydrogen-bond acceptors (Lipinski definition) is 2. The molecule has 0 N–H and O–H groups in total. The molecule has 8 atom stereocenters. The minimum Gasteiger partial charge on any atom is -0.241 e. The molecule has 1 heterocycles. The molecule has 1 aromatic carbocycles. The molecule has 4 aliphatic carbocycles. The summed E-state index contributed by atoms with van der Waals surface area (Å²) in [7, 11) is 0. The summed E-state index contributed by atoms with van der Waals surface area (Å²) in [6, 6.07) is 5.13. The fourth-order valence-corrected chi connectivity index (χ4v) is 10.0. The highest BCUT2D eigenvalue weighted by molar-refractivity contribution is 5.78. The molecule has 0 radical (unpaired) electrons. The van der Waals surface area contributed by atoms with Crippen LogP contribution in [0.2, 0.25) is 0 Å². The molecule has 0 spiro atoms. The van der Waals surface area contributed by atoms with E-state index in [0.717, 1.165) is 53.8 Å². The average molecular weight is 463 g/mol. The number of nitrogens with zero attached hydrogens (tertiary/aromatic N) is 2. The van der Waals surface area contributed by atoms with Crippen LogP contribution < -0.4 is 0 Å². The molecular weight excluding hydrogens is 419 g/mol. The van der Waals surface area contributed by atoms with Gasteiger partial charge in [-0.25, -0.2) is 14.4 Å². The predicted molar refractivity (Wildman–Crippen MR) is 137 cm³/mol. The molecule has 34 heavy (non-hydrogen) atoms. The molecule has 2 nitrogen and oxygen atoms in total. The molecule has 0 saturated heterocycles. The van der Waals surface area contributed by atoms with Gasteiger partial charge in [0.05, 0.1) is 10.9 Å². The maximum atomic E-state index is 14.0. The van der Waals surface area contributed by atoms with Crippen molar-refractivity contribution in [2.45, 2.75) is 97.8 Å². The van der Waals surface area contributed by atoms with E-state index >= 15 is 0 Å². The van der Waals surface area contributed by atoms with E-state index in [9.17, 15) is 4.39 Å². The van der Waals surface area contributed by atoms with Gasteiger partial charge in [-0.15, -0.1) is 0 Å². The van der Waals surface area contributed by atoms with E-state index in [-0.39, 0.29) is 5.82 Å². The van der Waals surface area contributed by atoms with Crippen LogP contribution >= 0.6 is 0 Å². The number of fused-ring (bicyclic) bond motifs is 6. The fourth-order valence-electron chi connectivity index (χ4n) is 10.0. The molecule has 2 aromatic rings. The first-order valence-corrected chi connectivity index (χ1v) is 14.3. The van der Waals surface area contributed by atoms with E-state index in [2.05, 4.69) is 30.7 Å². The second-order valence-electron chi connectivity index (χ2n) is 13.1. The van der Waals surface area contributed by atoms with Crippen molar-refractivity contribution in [1.82, 2.24) is 9.97 Å². The largest absolute Gasteiger partial charge is 0.241 e. The Morgan fingerprint density at radius 2 is 1.82 bits per heavy atom. The van der Waals surface area contributed by atoms with E-state index in [1.165, 1.54) is 70.3 Å². The lowest BCUT2D eigenvalue weighted by Crippen LogP contribution is -2.53. The Labute approximate surface area is 205 Å². The highest BCUT2D eigenvalue weighted by atomic mass is 19.1. The Morgan fingerprint density at radius 1 is 0.971 bits per heavy atom. The van der Waals surface area contributed by atoms with Crippen LogP contribution in [-0.4, -0.2) is 9.97 Å². The number of aromatic nitrogens is 2. The van der Waals surface area contributed by atoms with Gasteiger partial charge in [0, 0.05) is 12.6 Å². The molecule has 6 rings (SSSR count).